The molecule has 0 saturated heterocycles. The molecule has 16 heavy (non-hydrogen) atoms. The third-order valence-electron chi connectivity index (χ3n) is 1.81. The number of aromatic nitrogens is 1. The normalized spacial score (nSPS) is 10.4. The number of carbonyl (C=O) groups excluding carboxylic acids is 2. The van der Waals surface area contributed by atoms with Crippen molar-refractivity contribution in [2.75, 3.05) is 7.11 Å². The first-order chi connectivity index (χ1) is 7.69. The molecular formula is C11H10ClNO3. The second kappa shape index (κ2) is 6.02. The summed E-state index contributed by atoms with van der Waals surface area (Å²) in [7, 11) is 1.27. The van der Waals surface area contributed by atoms with Gasteiger partial charge in [0.15, 0.2) is 0 Å². The zero-order valence-corrected chi connectivity index (χ0v) is 9.40. The van der Waals surface area contributed by atoms with Crippen molar-refractivity contribution in [3.8, 4) is 0 Å². The molecule has 1 aromatic rings. The van der Waals surface area contributed by atoms with Crippen LogP contribution in [0, 0.1) is 0 Å². The largest absolute Gasteiger partial charge is 0.465 e. The number of hydrogen-bond donors (Lipinski definition) is 0. The third-order valence-corrected chi connectivity index (χ3v) is 2.11. The van der Waals surface area contributed by atoms with Crippen LogP contribution in [0.25, 0.3) is 6.08 Å². The molecule has 0 radical (unpaired) electrons. The van der Waals surface area contributed by atoms with E-state index in [1.54, 1.807) is 18.2 Å². The molecule has 84 valence electrons. The van der Waals surface area contributed by atoms with Crippen LogP contribution in [0.2, 0.25) is 5.15 Å². The number of nitrogens with zero attached hydrogens (tertiary/aromatic N) is 1. The van der Waals surface area contributed by atoms with Crippen LogP contribution in [-0.2, 0) is 9.53 Å². The van der Waals surface area contributed by atoms with Crippen molar-refractivity contribution >= 4 is 29.9 Å². The fourth-order valence-electron chi connectivity index (χ4n) is 1.07. The van der Waals surface area contributed by atoms with E-state index in [1.165, 1.54) is 13.3 Å². The fraction of sp³-hybridized carbons (Fsp3) is 0.182. The Morgan fingerprint density at radius 1 is 1.62 bits per heavy atom. The van der Waals surface area contributed by atoms with E-state index in [0.717, 1.165) is 6.29 Å². The van der Waals surface area contributed by atoms with E-state index in [2.05, 4.69) is 9.72 Å². The maximum atomic E-state index is 11.3. The summed E-state index contributed by atoms with van der Waals surface area (Å²) in [6.45, 7) is 0. The summed E-state index contributed by atoms with van der Waals surface area (Å²) in [5, 5.41) is 0.0967. The molecule has 0 fully saturated rings. The molecule has 0 aromatic carbocycles. The Balaban J connectivity index is 2.97. The Labute approximate surface area is 97.9 Å². The maximum absolute atomic E-state index is 11.3. The van der Waals surface area contributed by atoms with Crippen molar-refractivity contribution in [2.24, 2.45) is 0 Å². The lowest BCUT2D eigenvalue weighted by atomic mass is 10.2. The number of halogens is 1. The Kier molecular flexibility index (Phi) is 4.66. The highest BCUT2D eigenvalue weighted by Crippen LogP contribution is 2.16. The smallest absolute Gasteiger partial charge is 0.341 e. The van der Waals surface area contributed by atoms with E-state index in [9.17, 15) is 9.59 Å². The van der Waals surface area contributed by atoms with Crippen LogP contribution >= 0.6 is 11.6 Å². The lowest BCUT2D eigenvalue weighted by Gasteiger charge is -2.02. The average molecular weight is 240 g/mol. The van der Waals surface area contributed by atoms with Gasteiger partial charge in [0.2, 0.25) is 0 Å². The van der Waals surface area contributed by atoms with Crippen molar-refractivity contribution in [3.63, 3.8) is 0 Å². The number of hydrogen-bond acceptors (Lipinski definition) is 4. The topological polar surface area (TPSA) is 56.3 Å². The van der Waals surface area contributed by atoms with Gasteiger partial charge in [-0.05, 0) is 11.6 Å². The number of allylic oxidation sites excluding steroid dienone is 1. The number of rotatable bonds is 4. The highest BCUT2D eigenvalue weighted by atomic mass is 35.5. The number of ether oxygens (including phenoxy) is 1. The number of carbonyl (C=O) groups is 2. The third kappa shape index (κ3) is 3.17. The van der Waals surface area contributed by atoms with E-state index in [4.69, 9.17) is 11.6 Å². The summed E-state index contributed by atoms with van der Waals surface area (Å²) in [4.78, 5) is 25.2. The SMILES string of the molecule is COC(=O)c1cc(C=CCC=O)cnc1Cl. The first-order valence-corrected chi connectivity index (χ1v) is 4.91. The Morgan fingerprint density at radius 3 is 3.00 bits per heavy atom. The molecule has 0 unspecified atom stereocenters. The minimum atomic E-state index is -0.539. The summed E-state index contributed by atoms with van der Waals surface area (Å²) in [5.41, 5.74) is 0.893. The first-order valence-electron chi connectivity index (χ1n) is 4.53. The van der Waals surface area contributed by atoms with Gasteiger partial charge in [-0.15, -0.1) is 0 Å². The van der Waals surface area contributed by atoms with Crippen molar-refractivity contribution in [1.82, 2.24) is 4.98 Å². The zero-order chi connectivity index (χ0) is 12.0. The quantitative estimate of drug-likeness (QED) is 0.459. The molecule has 4 nitrogen and oxygen atoms in total. The van der Waals surface area contributed by atoms with Crippen LogP contribution in [0.3, 0.4) is 0 Å². The van der Waals surface area contributed by atoms with Gasteiger partial charge in [-0.25, -0.2) is 9.78 Å². The number of methoxy groups -OCH3 is 1. The van der Waals surface area contributed by atoms with Crippen LogP contribution in [0.15, 0.2) is 18.3 Å². The van der Waals surface area contributed by atoms with E-state index >= 15 is 0 Å². The van der Waals surface area contributed by atoms with Gasteiger partial charge >= 0.3 is 5.97 Å². The van der Waals surface area contributed by atoms with E-state index in [1.807, 2.05) is 0 Å². The Bertz CT molecular complexity index is 429. The van der Waals surface area contributed by atoms with E-state index in [0.29, 0.717) is 12.0 Å². The molecule has 0 aliphatic rings. The molecular weight excluding hydrogens is 230 g/mol. The standard InChI is InChI=1S/C11H10ClNO3/c1-16-11(15)9-6-8(4-2-3-5-14)7-13-10(9)12/h2,4-7H,3H2,1H3. The van der Waals surface area contributed by atoms with Gasteiger partial charge in [0.25, 0.3) is 0 Å². The molecule has 5 heteroatoms. The van der Waals surface area contributed by atoms with Crippen LogP contribution in [0.4, 0.5) is 0 Å². The molecule has 0 aliphatic heterocycles. The summed E-state index contributed by atoms with van der Waals surface area (Å²) < 4.78 is 4.55. The molecule has 1 heterocycles. The van der Waals surface area contributed by atoms with Gasteiger partial charge in [0, 0.05) is 12.6 Å². The second-order valence-electron chi connectivity index (χ2n) is 2.90. The summed E-state index contributed by atoms with van der Waals surface area (Å²) >= 11 is 5.74. The van der Waals surface area contributed by atoms with Gasteiger partial charge in [0.1, 0.15) is 11.4 Å². The van der Waals surface area contributed by atoms with Crippen molar-refractivity contribution in [3.05, 3.63) is 34.6 Å². The predicted octanol–water partition coefficient (Wildman–Crippen LogP) is 2.12. The van der Waals surface area contributed by atoms with Gasteiger partial charge in [-0.1, -0.05) is 23.8 Å². The summed E-state index contributed by atoms with van der Waals surface area (Å²) in [5.74, 6) is -0.539. The molecule has 0 spiro atoms. The fourth-order valence-corrected chi connectivity index (χ4v) is 1.25. The monoisotopic (exact) mass is 239 g/mol. The van der Waals surface area contributed by atoms with Crippen LogP contribution in [-0.4, -0.2) is 24.3 Å². The van der Waals surface area contributed by atoms with Gasteiger partial charge in [0.05, 0.1) is 12.7 Å². The molecule has 0 saturated carbocycles. The molecule has 0 bridgehead atoms. The van der Waals surface area contributed by atoms with Gasteiger partial charge in [-0.2, -0.15) is 0 Å². The van der Waals surface area contributed by atoms with E-state index in [-0.39, 0.29) is 10.7 Å². The van der Waals surface area contributed by atoms with Crippen molar-refractivity contribution in [1.29, 1.82) is 0 Å². The molecule has 1 rings (SSSR count). The molecule has 0 amide bonds. The Morgan fingerprint density at radius 2 is 2.38 bits per heavy atom. The molecule has 0 atom stereocenters. The van der Waals surface area contributed by atoms with Crippen molar-refractivity contribution in [2.45, 2.75) is 6.42 Å². The average Bonchev–Trinajstić information content (AvgIpc) is 2.30. The zero-order valence-electron chi connectivity index (χ0n) is 8.64. The number of aldehydes is 1. The van der Waals surface area contributed by atoms with Gasteiger partial charge < -0.3 is 9.53 Å². The summed E-state index contributed by atoms with van der Waals surface area (Å²) in [6.07, 6.45) is 5.95. The molecule has 0 aliphatic carbocycles. The minimum Gasteiger partial charge on any atom is -0.465 e. The first kappa shape index (κ1) is 12.4. The van der Waals surface area contributed by atoms with Crippen molar-refractivity contribution < 1.29 is 14.3 Å². The minimum absolute atomic E-state index is 0.0967. The van der Waals surface area contributed by atoms with Crippen LogP contribution in [0.1, 0.15) is 22.3 Å². The maximum Gasteiger partial charge on any atom is 0.341 e. The predicted molar refractivity (Wildman–Crippen MR) is 60.3 cm³/mol. The summed E-state index contributed by atoms with van der Waals surface area (Å²) in [6, 6.07) is 1.56. The highest BCUT2D eigenvalue weighted by Gasteiger charge is 2.11. The Hall–Kier alpha value is -1.68. The van der Waals surface area contributed by atoms with Crippen LogP contribution < -0.4 is 0 Å². The highest BCUT2D eigenvalue weighted by molar-refractivity contribution is 6.32. The molecule has 1 aromatic heterocycles. The number of esters is 1. The van der Waals surface area contributed by atoms with E-state index < -0.39 is 5.97 Å². The lowest BCUT2D eigenvalue weighted by Crippen LogP contribution is -2.03. The van der Waals surface area contributed by atoms with Gasteiger partial charge in [-0.3, -0.25) is 0 Å². The van der Waals surface area contributed by atoms with Crippen LogP contribution in [0.5, 0.6) is 0 Å². The number of pyridine rings is 1. The second-order valence-corrected chi connectivity index (χ2v) is 3.26. The molecule has 0 N–H and O–H groups in total. The lowest BCUT2D eigenvalue weighted by molar-refractivity contribution is -0.107.